The lowest BCUT2D eigenvalue weighted by atomic mass is 10.2. The third-order valence-electron chi connectivity index (χ3n) is 2.98. The Bertz CT molecular complexity index is 742. The van der Waals surface area contributed by atoms with Gasteiger partial charge in [0, 0.05) is 11.4 Å². The van der Waals surface area contributed by atoms with Gasteiger partial charge in [-0.1, -0.05) is 12.1 Å². The average Bonchev–Trinajstić information content (AvgIpc) is 2.37. The van der Waals surface area contributed by atoms with Gasteiger partial charge in [-0.15, -0.1) is 0 Å². The van der Waals surface area contributed by atoms with E-state index in [-0.39, 0.29) is 5.75 Å². The van der Waals surface area contributed by atoms with Gasteiger partial charge in [-0.3, -0.25) is 4.72 Å². The summed E-state index contributed by atoms with van der Waals surface area (Å²) < 4.78 is 32.0. The van der Waals surface area contributed by atoms with Gasteiger partial charge in [0.15, 0.2) is 0 Å². The Morgan fingerprint density at radius 1 is 1.19 bits per heavy atom. The Morgan fingerprint density at radius 2 is 1.95 bits per heavy atom. The largest absolute Gasteiger partial charge is 0.496 e. The van der Waals surface area contributed by atoms with Crippen molar-refractivity contribution in [2.24, 2.45) is 0 Å². The van der Waals surface area contributed by atoms with Crippen LogP contribution < -0.4 is 15.2 Å². The number of hydrogen-bond acceptors (Lipinski definition) is 4. The van der Waals surface area contributed by atoms with Gasteiger partial charge in [-0.25, -0.2) is 8.42 Å². The molecular formula is C15H18N2O3S. The summed E-state index contributed by atoms with van der Waals surface area (Å²) in [5, 5.41) is 0. The average molecular weight is 306 g/mol. The van der Waals surface area contributed by atoms with E-state index in [4.69, 9.17) is 10.5 Å². The van der Waals surface area contributed by atoms with Gasteiger partial charge in [0.1, 0.15) is 5.75 Å². The number of rotatable bonds is 5. The molecule has 0 saturated heterocycles. The van der Waals surface area contributed by atoms with Gasteiger partial charge in [0.05, 0.1) is 12.9 Å². The van der Waals surface area contributed by atoms with E-state index in [2.05, 4.69) is 4.72 Å². The molecule has 0 amide bonds. The molecule has 0 unspecified atom stereocenters. The predicted molar refractivity (Wildman–Crippen MR) is 84.8 cm³/mol. The number of benzene rings is 2. The Morgan fingerprint density at radius 3 is 2.57 bits per heavy atom. The Kier molecular flexibility index (Phi) is 4.37. The fourth-order valence-electron chi connectivity index (χ4n) is 2.06. The zero-order chi connectivity index (χ0) is 15.5. The van der Waals surface area contributed by atoms with Crippen molar-refractivity contribution in [3.63, 3.8) is 0 Å². The first-order valence-electron chi connectivity index (χ1n) is 6.39. The van der Waals surface area contributed by atoms with Crippen LogP contribution in [0.3, 0.4) is 0 Å². The third-order valence-corrected chi connectivity index (χ3v) is 4.24. The zero-order valence-electron chi connectivity index (χ0n) is 12.0. The number of nitrogens with two attached hydrogens (primary N) is 1. The Labute approximate surface area is 124 Å². The lowest BCUT2D eigenvalue weighted by Crippen LogP contribution is -2.15. The number of ether oxygens (including phenoxy) is 1. The van der Waals surface area contributed by atoms with E-state index >= 15 is 0 Å². The second kappa shape index (κ2) is 6.05. The van der Waals surface area contributed by atoms with Gasteiger partial charge in [-0.05, 0) is 48.4 Å². The number of methoxy groups -OCH3 is 1. The molecule has 0 saturated carbocycles. The molecule has 21 heavy (non-hydrogen) atoms. The van der Waals surface area contributed by atoms with Crippen molar-refractivity contribution < 1.29 is 13.2 Å². The van der Waals surface area contributed by atoms with E-state index in [9.17, 15) is 8.42 Å². The van der Waals surface area contributed by atoms with Crippen LogP contribution in [0.5, 0.6) is 5.75 Å². The van der Waals surface area contributed by atoms with Gasteiger partial charge >= 0.3 is 0 Å². The highest BCUT2D eigenvalue weighted by molar-refractivity contribution is 7.91. The van der Waals surface area contributed by atoms with Crippen LogP contribution >= 0.6 is 0 Å². The van der Waals surface area contributed by atoms with Crippen LogP contribution in [-0.2, 0) is 15.8 Å². The minimum absolute atomic E-state index is 0.122. The van der Waals surface area contributed by atoms with Crippen molar-refractivity contribution in [2.45, 2.75) is 12.7 Å². The number of anilines is 2. The van der Waals surface area contributed by atoms with E-state index in [1.807, 2.05) is 6.92 Å². The molecule has 0 radical (unpaired) electrons. The second-order valence-corrected chi connectivity index (χ2v) is 6.51. The monoisotopic (exact) mass is 306 g/mol. The van der Waals surface area contributed by atoms with Crippen LogP contribution in [0.1, 0.15) is 11.1 Å². The van der Waals surface area contributed by atoms with Gasteiger partial charge < -0.3 is 10.5 Å². The predicted octanol–water partition coefficient (Wildman–Crippen LogP) is 2.53. The molecule has 6 heteroatoms. The standard InChI is InChI=1S/C15H18N2O3S/c1-11-8-14(6-7-15(11)20-2)17-21(18,19)10-12-4-3-5-13(16)9-12/h3-9,17H,10,16H2,1-2H3. The minimum atomic E-state index is -3.49. The summed E-state index contributed by atoms with van der Waals surface area (Å²) in [6.07, 6.45) is 0. The maximum absolute atomic E-state index is 12.2. The summed E-state index contributed by atoms with van der Waals surface area (Å²) in [6.45, 7) is 1.86. The molecule has 3 N–H and O–H groups in total. The van der Waals surface area contributed by atoms with Crippen molar-refractivity contribution >= 4 is 21.4 Å². The first-order chi connectivity index (χ1) is 9.89. The first kappa shape index (κ1) is 15.2. The normalized spacial score (nSPS) is 11.1. The molecule has 2 aromatic carbocycles. The van der Waals surface area contributed by atoms with Crippen LogP contribution in [0.25, 0.3) is 0 Å². The molecule has 0 bridgehead atoms. The van der Waals surface area contributed by atoms with Crippen LogP contribution in [0.15, 0.2) is 42.5 Å². The summed E-state index contributed by atoms with van der Waals surface area (Å²) >= 11 is 0. The van der Waals surface area contributed by atoms with Crippen LogP contribution in [-0.4, -0.2) is 15.5 Å². The molecule has 0 aliphatic rings. The van der Waals surface area contributed by atoms with Crippen LogP contribution in [0.4, 0.5) is 11.4 Å². The molecule has 2 rings (SSSR count). The molecule has 0 aliphatic carbocycles. The molecule has 5 nitrogen and oxygen atoms in total. The fourth-order valence-corrected chi connectivity index (χ4v) is 3.24. The summed E-state index contributed by atoms with van der Waals surface area (Å²) in [6, 6.07) is 12.0. The summed E-state index contributed by atoms with van der Waals surface area (Å²) in [5.74, 6) is 0.595. The van der Waals surface area contributed by atoms with Crippen LogP contribution in [0, 0.1) is 6.92 Å². The van der Waals surface area contributed by atoms with Crippen molar-refractivity contribution in [1.82, 2.24) is 0 Å². The van der Waals surface area contributed by atoms with E-state index in [1.165, 1.54) is 0 Å². The maximum atomic E-state index is 12.2. The van der Waals surface area contributed by atoms with Crippen molar-refractivity contribution in [1.29, 1.82) is 0 Å². The third kappa shape index (κ3) is 4.13. The van der Waals surface area contributed by atoms with Crippen molar-refractivity contribution in [3.05, 3.63) is 53.6 Å². The molecule has 112 valence electrons. The molecule has 2 aromatic rings. The lowest BCUT2D eigenvalue weighted by molar-refractivity contribution is 0.412. The molecule has 0 aromatic heterocycles. The zero-order valence-corrected chi connectivity index (χ0v) is 12.8. The molecule has 0 atom stereocenters. The second-order valence-electron chi connectivity index (χ2n) is 4.79. The highest BCUT2D eigenvalue weighted by Crippen LogP contribution is 2.22. The van der Waals surface area contributed by atoms with Gasteiger partial charge in [0.2, 0.25) is 10.0 Å². The maximum Gasteiger partial charge on any atom is 0.236 e. The Hall–Kier alpha value is -2.21. The highest BCUT2D eigenvalue weighted by atomic mass is 32.2. The topological polar surface area (TPSA) is 81.4 Å². The minimum Gasteiger partial charge on any atom is -0.496 e. The summed E-state index contributed by atoms with van der Waals surface area (Å²) in [5.41, 5.74) is 8.22. The number of hydrogen-bond donors (Lipinski definition) is 2. The highest BCUT2D eigenvalue weighted by Gasteiger charge is 2.12. The summed E-state index contributed by atoms with van der Waals surface area (Å²) in [4.78, 5) is 0. The molecule has 0 fully saturated rings. The van der Waals surface area contributed by atoms with Gasteiger partial charge in [-0.2, -0.15) is 0 Å². The van der Waals surface area contributed by atoms with Gasteiger partial charge in [0.25, 0.3) is 0 Å². The van der Waals surface area contributed by atoms with Crippen molar-refractivity contribution in [3.8, 4) is 5.75 Å². The molecule has 0 heterocycles. The molecular weight excluding hydrogens is 288 g/mol. The number of nitrogens with one attached hydrogen (secondary N) is 1. The van der Waals surface area contributed by atoms with Crippen LogP contribution in [0.2, 0.25) is 0 Å². The molecule has 0 spiro atoms. The van der Waals surface area contributed by atoms with E-state index in [0.717, 1.165) is 5.56 Å². The smallest absolute Gasteiger partial charge is 0.236 e. The lowest BCUT2D eigenvalue weighted by Gasteiger charge is -2.11. The fraction of sp³-hybridized carbons (Fsp3) is 0.200. The molecule has 0 aliphatic heterocycles. The van der Waals surface area contributed by atoms with Crippen molar-refractivity contribution in [2.75, 3.05) is 17.6 Å². The first-order valence-corrected chi connectivity index (χ1v) is 8.04. The van der Waals surface area contributed by atoms with E-state index < -0.39 is 10.0 Å². The quantitative estimate of drug-likeness (QED) is 0.832. The number of aryl methyl sites for hydroxylation is 1. The summed E-state index contributed by atoms with van der Waals surface area (Å²) in [7, 11) is -1.91. The Balaban J connectivity index is 2.16. The number of nitrogen functional groups attached to an aromatic ring is 1. The SMILES string of the molecule is COc1ccc(NS(=O)(=O)Cc2cccc(N)c2)cc1C. The van der Waals surface area contributed by atoms with E-state index in [0.29, 0.717) is 22.7 Å². The van der Waals surface area contributed by atoms with E-state index in [1.54, 1.807) is 49.6 Å². The number of sulfonamides is 1.